The average molecular weight is 727 g/mol. The predicted octanol–water partition coefficient (Wildman–Crippen LogP) is 14.5. The summed E-state index contributed by atoms with van der Waals surface area (Å²) in [6.07, 6.45) is 8.54. The average Bonchev–Trinajstić information content (AvgIpc) is 3.58. The van der Waals surface area contributed by atoms with Gasteiger partial charge in [0.2, 0.25) is 0 Å². The van der Waals surface area contributed by atoms with E-state index in [0.717, 1.165) is 56.1 Å². The summed E-state index contributed by atoms with van der Waals surface area (Å²) in [5.41, 5.74) is 12.8. The van der Waals surface area contributed by atoms with E-state index in [1.165, 1.54) is 46.1 Å². The molecule has 0 aliphatic heterocycles. The van der Waals surface area contributed by atoms with Crippen LogP contribution in [0, 0.1) is 11.6 Å². The monoisotopic (exact) mass is 726 g/mol. The first kappa shape index (κ1) is 34.5. The highest BCUT2D eigenvalue weighted by Crippen LogP contribution is 2.36. The van der Waals surface area contributed by atoms with E-state index in [9.17, 15) is 8.78 Å². The second-order valence-corrected chi connectivity index (χ2v) is 13.8. The first-order valence-electron chi connectivity index (χ1n) is 18.6. The van der Waals surface area contributed by atoms with Crippen molar-refractivity contribution in [2.45, 2.75) is 0 Å². The standard InChI is InChI=1S/C52H36F2N2/c53-43-25-31-47(32-26-43)55(48-33-27-44(54)28-34-48)46-29-18-39(19-30-46)11-10-37-14-21-41(22-15-37)42-23-16-38(17-24-42)12-13-40-20-35-52-50(36-40)49-8-4-5-9-51(49)56(52)45-6-2-1-3-7-45/h1-36H. The van der Waals surface area contributed by atoms with Crippen LogP contribution in [0.1, 0.15) is 22.3 Å². The van der Waals surface area contributed by atoms with Gasteiger partial charge in [-0.05, 0) is 124 Å². The van der Waals surface area contributed by atoms with Gasteiger partial charge in [0.1, 0.15) is 11.6 Å². The van der Waals surface area contributed by atoms with Crippen molar-refractivity contribution in [3.05, 3.63) is 228 Å². The first-order chi connectivity index (χ1) is 27.6. The van der Waals surface area contributed by atoms with Crippen LogP contribution in [0.2, 0.25) is 0 Å². The first-order valence-corrected chi connectivity index (χ1v) is 18.6. The van der Waals surface area contributed by atoms with Crippen LogP contribution in [0.4, 0.5) is 25.8 Å². The lowest BCUT2D eigenvalue weighted by molar-refractivity contribution is 0.628. The maximum Gasteiger partial charge on any atom is 0.123 e. The third-order valence-corrected chi connectivity index (χ3v) is 10.1. The molecule has 9 aromatic rings. The molecule has 9 rings (SSSR count). The lowest BCUT2D eigenvalue weighted by atomic mass is 10.0. The normalized spacial score (nSPS) is 11.6. The quantitative estimate of drug-likeness (QED) is 0.134. The zero-order valence-corrected chi connectivity index (χ0v) is 30.4. The molecule has 56 heavy (non-hydrogen) atoms. The Labute approximate surface area is 325 Å². The molecule has 1 aromatic heterocycles. The predicted molar refractivity (Wildman–Crippen MR) is 232 cm³/mol. The maximum absolute atomic E-state index is 13.7. The molecule has 0 aliphatic rings. The summed E-state index contributed by atoms with van der Waals surface area (Å²) >= 11 is 0. The van der Waals surface area contributed by atoms with Crippen molar-refractivity contribution in [1.82, 2.24) is 4.57 Å². The molecule has 0 N–H and O–H groups in total. The van der Waals surface area contributed by atoms with Crippen molar-refractivity contribution >= 4 is 63.2 Å². The Kier molecular flexibility index (Phi) is 9.36. The summed E-state index contributed by atoms with van der Waals surface area (Å²) < 4.78 is 29.7. The summed E-state index contributed by atoms with van der Waals surface area (Å²) in [6.45, 7) is 0. The summed E-state index contributed by atoms with van der Waals surface area (Å²) in [4.78, 5) is 1.97. The fourth-order valence-corrected chi connectivity index (χ4v) is 7.27. The summed E-state index contributed by atoms with van der Waals surface area (Å²) in [7, 11) is 0. The molecule has 268 valence electrons. The lowest BCUT2D eigenvalue weighted by Gasteiger charge is -2.25. The molecule has 0 fully saturated rings. The molecule has 1 heterocycles. The molecule has 0 saturated heterocycles. The summed E-state index contributed by atoms with van der Waals surface area (Å²) in [6, 6.07) is 63.8. The molecule has 0 saturated carbocycles. The Balaban J connectivity index is 0.877. The van der Waals surface area contributed by atoms with E-state index in [4.69, 9.17) is 0 Å². The van der Waals surface area contributed by atoms with Crippen LogP contribution >= 0.6 is 0 Å². The van der Waals surface area contributed by atoms with Crippen LogP contribution in [0.15, 0.2) is 194 Å². The minimum Gasteiger partial charge on any atom is -0.310 e. The van der Waals surface area contributed by atoms with Crippen LogP contribution in [0.3, 0.4) is 0 Å². The van der Waals surface area contributed by atoms with Gasteiger partial charge in [0, 0.05) is 33.5 Å². The number of hydrogen-bond donors (Lipinski definition) is 0. The Morgan fingerprint density at radius 2 is 0.768 bits per heavy atom. The molecule has 0 unspecified atom stereocenters. The molecule has 0 radical (unpaired) electrons. The Morgan fingerprint density at radius 3 is 1.30 bits per heavy atom. The van der Waals surface area contributed by atoms with Gasteiger partial charge in [-0.2, -0.15) is 0 Å². The largest absolute Gasteiger partial charge is 0.310 e. The Hall–Kier alpha value is -7.30. The van der Waals surface area contributed by atoms with Gasteiger partial charge in [0.05, 0.1) is 11.0 Å². The van der Waals surface area contributed by atoms with E-state index in [0.29, 0.717) is 0 Å². The van der Waals surface area contributed by atoms with Crippen molar-refractivity contribution in [3.63, 3.8) is 0 Å². The molecule has 8 aromatic carbocycles. The molecular formula is C52H36F2N2. The summed E-state index contributed by atoms with van der Waals surface area (Å²) in [5, 5.41) is 2.49. The third-order valence-electron chi connectivity index (χ3n) is 10.1. The van der Waals surface area contributed by atoms with E-state index >= 15 is 0 Å². The second kappa shape index (κ2) is 15.2. The van der Waals surface area contributed by atoms with Crippen LogP contribution in [0.5, 0.6) is 0 Å². The van der Waals surface area contributed by atoms with Crippen molar-refractivity contribution in [3.8, 4) is 16.8 Å². The fourth-order valence-electron chi connectivity index (χ4n) is 7.27. The highest BCUT2D eigenvalue weighted by molar-refractivity contribution is 6.10. The van der Waals surface area contributed by atoms with E-state index in [2.05, 4.69) is 150 Å². The molecule has 0 spiro atoms. The molecule has 0 aliphatic carbocycles. The number of benzene rings is 8. The smallest absolute Gasteiger partial charge is 0.123 e. The van der Waals surface area contributed by atoms with Crippen LogP contribution < -0.4 is 4.90 Å². The minimum absolute atomic E-state index is 0.308. The van der Waals surface area contributed by atoms with Gasteiger partial charge in [-0.25, -0.2) is 8.78 Å². The number of aromatic nitrogens is 1. The van der Waals surface area contributed by atoms with Crippen molar-refractivity contribution in [2.75, 3.05) is 4.90 Å². The highest BCUT2D eigenvalue weighted by Gasteiger charge is 2.14. The molecule has 2 nitrogen and oxygen atoms in total. The van der Waals surface area contributed by atoms with Gasteiger partial charge >= 0.3 is 0 Å². The van der Waals surface area contributed by atoms with Crippen LogP contribution in [-0.4, -0.2) is 4.57 Å². The Morgan fingerprint density at radius 1 is 0.357 bits per heavy atom. The molecule has 0 amide bonds. The van der Waals surface area contributed by atoms with Gasteiger partial charge in [-0.1, -0.05) is 127 Å². The minimum atomic E-state index is -0.308. The number of para-hydroxylation sites is 2. The van der Waals surface area contributed by atoms with Gasteiger partial charge in [-0.3, -0.25) is 0 Å². The van der Waals surface area contributed by atoms with Gasteiger partial charge in [-0.15, -0.1) is 0 Å². The lowest BCUT2D eigenvalue weighted by Crippen LogP contribution is -2.09. The van der Waals surface area contributed by atoms with Gasteiger partial charge in [0.15, 0.2) is 0 Å². The van der Waals surface area contributed by atoms with Gasteiger partial charge < -0.3 is 9.47 Å². The van der Waals surface area contributed by atoms with E-state index in [-0.39, 0.29) is 11.6 Å². The molecular weight excluding hydrogens is 691 g/mol. The van der Waals surface area contributed by atoms with E-state index < -0.39 is 0 Å². The van der Waals surface area contributed by atoms with Crippen LogP contribution in [-0.2, 0) is 0 Å². The topological polar surface area (TPSA) is 8.17 Å². The van der Waals surface area contributed by atoms with Gasteiger partial charge in [0.25, 0.3) is 0 Å². The zero-order chi connectivity index (χ0) is 37.8. The van der Waals surface area contributed by atoms with Crippen molar-refractivity contribution < 1.29 is 8.78 Å². The summed E-state index contributed by atoms with van der Waals surface area (Å²) in [5.74, 6) is -0.615. The number of nitrogens with zero attached hydrogens (tertiary/aromatic N) is 2. The van der Waals surface area contributed by atoms with Crippen molar-refractivity contribution in [2.24, 2.45) is 0 Å². The number of fused-ring (bicyclic) bond motifs is 3. The Bertz CT molecular complexity index is 2770. The van der Waals surface area contributed by atoms with Crippen LogP contribution in [0.25, 0.3) is 62.9 Å². The maximum atomic E-state index is 13.7. The number of rotatable bonds is 9. The number of anilines is 3. The van der Waals surface area contributed by atoms with E-state index in [1.54, 1.807) is 24.3 Å². The molecule has 4 heteroatoms. The number of hydrogen-bond acceptors (Lipinski definition) is 1. The van der Waals surface area contributed by atoms with Crippen molar-refractivity contribution in [1.29, 1.82) is 0 Å². The number of halogens is 2. The molecule has 0 bridgehead atoms. The zero-order valence-electron chi connectivity index (χ0n) is 30.4. The fraction of sp³-hybridized carbons (Fsp3) is 0. The second-order valence-electron chi connectivity index (χ2n) is 13.8. The third kappa shape index (κ3) is 7.16. The van der Waals surface area contributed by atoms with E-state index in [1.807, 2.05) is 29.2 Å². The molecule has 0 atom stereocenters. The highest BCUT2D eigenvalue weighted by atomic mass is 19.1. The SMILES string of the molecule is Fc1ccc(N(c2ccc(F)cc2)c2ccc(C=Cc3ccc(-c4ccc(C=Cc5ccc6c(c5)c5ccccc5n6-c5ccccc5)cc4)cc3)cc2)cc1.